The molecule has 1 aliphatic heterocycles. The molecule has 0 unspecified atom stereocenters. The standard InChI is InChI=1S/C16H21NO.ClH/c1-13-6-8-15(9-7-13)16(18)14(2)12-17-10-4-3-5-11-17;/h6-9H,2-5,10-12H2,1H3;1H. The molecule has 0 saturated carbocycles. The Labute approximate surface area is 121 Å². The molecule has 0 spiro atoms. The molecule has 1 saturated heterocycles. The Morgan fingerprint density at radius 1 is 1.16 bits per heavy atom. The fourth-order valence-corrected chi connectivity index (χ4v) is 2.37. The third kappa shape index (κ3) is 4.48. The first-order valence-electron chi connectivity index (χ1n) is 6.68. The van der Waals surface area contributed by atoms with Gasteiger partial charge in [0.1, 0.15) is 0 Å². The normalized spacial score (nSPS) is 15.6. The summed E-state index contributed by atoms with van der Waals surface area (Å²) < 4.78 is 0. The lowest BCUT2D eigenvalue weighted by Crippen LogP contribution is -2.32. The number of nitrogens with zero attached hydrogens (tertiary/aromatic N) is 1. The third-order valence-corrected chi connectivity index (χ3v) is 3.50. The Balaban J connectivity index is 0.00000180. The van der Waals surface area contributed by atoms with Crippen molar-refractivity contribution in [1.82, 2.24) is 4.90 Å². The molecule has 1 fully saturated rings. The summed E-state index contributed by atoms with van der Waals surface area (Å²) >= 11 is 0. The predicted octanol–water partition coefficient (Wildman–Crippen LogP) is 3.64. The van der Waals surface area contributed by atoms with Crippen molar-refractivity contribution in [2.75, 3.05) is 19.6 Å². The number of aryl methyl sites for hydroxylation is 1. The summed E-state index contributed by atoms with van der Waals surface area (Å²) in [5.41, 5.74) is 2.64. The highest BCUT2D eigenvalue weighted by atomic mass is 35.5. The number of benzene rings is 1. The van der Waals surface area contributed by atoms with Crippen molar-refractivity contribution in [3.63, 3.8) is 0 Å². The van der Waals surface area contributed by atoms with E-state index in [0.717, 1.165) is 18.7 Å². The fraction of sp³-hybridized carbons (Fsp3) is 0.438. The number of rotatable bonds is 4. The van der Waals surface area contributed by atoms with Gasteiger partial charge in [0.2, 0.25) is 0 Å². The quantitative estimate of drug-likeness (QED) is 0.619. The first-order chi connectivity index (χ1) is 8.66. The van der Waals surface area contributed by atoms with E-state index < -0.39 is 0 Å². The Kier molecular flexibility index (Phi) is 6.26. The van der Waals surface area contributed by atoms with Gasteiger partial charge in [-0.05, 0) is 32.9 Å². The number of carbonyl (C=O) groups excluding carboxylic acids is 1. The van der Waals surface area contributed by atoms with Crippen LogP contribution in [0, 0.1) is 6.92 Å². The molecule has 2 nitrogen and oxygen atoms in total. The number of piperidine rings is 1. The molecule has 19 heavy (non-hydrogen) atoms. The lowest BCUT2D eigenvalue weighted by atomic mass is 10.0. The highest BCUT2D eigenvalue weighted by Gasteiger charge is 2.15. The molecule has 1 heterocycles. The van der Waals surface area contributed by atoms with Crippen LogP contribution in [0.5, 0.6) is 0 Å². The lowest BCUT2D eigenvalue weighted by Gasteiger charge is -2.26. The molecule has 0 N–H and O–H groups in total. The van der Waals surface area contributed by atoms with Crippen LogP contribution in [0.15, 0.2) is 36.4 Å². The molecule has 1 aromatic rings. The van der Waals surface area contributed by atoms with Crippen LogP contribution in [-0.4, -0.2) is 30.3 Å². The average Bonchev–Trinajstić information content (AvgIpc) is 2.40. The van der Waals surface area contributed by atoms with E-state index >= 15 is 0 Å². The van der Waals surface area contributed by atoms with E-state index in [9.17, 15) is 4.79 Å². The van der Waals surface area contributed by atoms with Gasteiger partial charge in [-0.2, -0.15) is 0 Å². The van der Waals surface area contributed by atoms with Crippen molar-refractivity contribution in [3.05, 3.63) is 47.5 Å². The van der Waals surface area contributed by atoms with Gasteiger partial charge in [-0.15, -0.1) is 12.4 Å². The Morgan fingerprint density at radius 2 is 1.74 bits per heavy atom. The van der Waals surface area contributed by atoms with Crippen LogP contribution in [0.2, 0.25) is 0 Å². The molecule has 0 bridgehead atoms. The zero-order chi connectivity index (χ0) is 13.0. The van der Waals surface area contributed by atoms with Gasteiger partial charge in [0.05, 0.1) is 0 Å². The van der Waals surface area contributed by atoms with E-state index in [4.69, 9.17) is 0 Å². The van der Waals surface area contributed by atoms with Gasteiger partial charge in [-0.1, -0.05) is 42.8 Å². The highest BCUT2D eigenvalue weighted by Crippen LogP contribution is 2.13. The molecule has 0 atom stereocenters. The Morgan fingerprint density at radius 3 is 2.32 bits per heavy atom. The number of halogens is 1. The minimum Gasteiger partial charge on any atom is -0.299 e. The molecule has 1 aromatic carbocycles. The summed E-state index contributed by atoms with van der Waals surface area (Å²) in [6, 6.07) is 7.72. The topological polar surface area (TPSA) is 20.3 Å². The van der Waals surface area contributed by atoms with Gasteiger partial charge >= 0.3 is 0 Å². The van der Waals surface area contributed by atoms with Crippen molar-refractivity contribution < 1.29 is 4.79 Å². The van der Waals surface area contributed by atoms with Gasteiger partial charge in [0, 0.05) is 17.7 Å². The minimum atomic E-state index is 0. The van der Waals surface area contributed by atoms with Crippen LogP contribution in [0.25, 0.3) is 0 Å². The first kappa shape index (κ1) is 15.9. The molecular weight excluding hydrogens is 258 g/mol. The molecule has 0 aromatic heterocycles. The van der Waals surface area contributed by atoms with Crippen LogP contribution in [0.4, 0.5) is 0 Å². The molecule has 0 radical (unpaired) electrons. The van der Waals surface area contributed by atoms with E-state index in [-0.39, 0.29) is 18.2 Å². The zero-order valence-corrected chi connectivity index (χ0v) is 12.3. The maximum atomic E-state index is 12.2. The first-order valence-corrected chi connectivity index (χ1v) is 6.68. The van der Waals surface area contributed by atoms with Gasteiger partial charge in [-0.25, -0.2) is 0 Å². The van der Waals surface area contributed by atoms with Crippen LogP contribution in [-0.2, 0) is 0 Å². The third-order valence-electron chi connectivity index (χ3n) is 3.50. The van der Waals surface area contributed by atoms with Crippen LogP contribution < -0.4 is 0 Å². The fourth-order valence-electron chi connectivity index (χ4n) is 2.37. The second kappa shape index (κ2) is 7.46. The van der Waals surface area contributed by atoms with Crippen molar-refractivity contribution >= 4 is 18.2 Å². The maximum Gasteiger partial charge on any atom is 0.189 e. The van der Waals surface area contributed by atoms with Gasteiger partial charge in [0.25, 0.3) is 0 Å². The molecule has 1 aliphatic rings. The maximum absolute atomic E-state index is 12.2. The number of hydrogen-bond acceptors (Lipinski definition) is 2. The second-order valence-electron chi connectivity index (χ2n) is 5.14. The van der Waals surface area contributed by atoms with Crippen molar-refractivity contribution in [1.29, 1.82) is 0 Å². The molecule has 104 valence electrons. The molecule has 0 amide bonds. The number of likely N-dealkylation sites (tertiary alicyclic amines) is 1. The van der Waals surface area contributed by atoms with Gasteiger partial charge in [-0.3, -0.25) is 9.69 Å². The van der Waals surface area contributed by atoms with E-state index in [1.54, 1.807) is 0 Å². The lowest BCUT2D eigenvalue weighted by molar-refractivity contribution is 0.102. The molecular formula is C16H22ClNO. The summed E-state index contributed by atoms with van der Waals surface area (Å²) in [6.07, 6.45) is 3.80. The molecule has 0 aliphatic carbocycles. The molecule has 2 rings (SSSR count). The minimum absolute atomic E-state index is 0. The summed E-state index contributed by atoms with van der Waals surface area (Å²) in [4.78, 5) is 14.5. The van der Waals surface area contributed by atoms with Gasteiger partial charge < -0.3 is 0 Å². The van der Waals surface area contributed by atoms with Crippen LogP contribution in [0.3, 0.4) is 0 Å². The number of ketones is 1. The average molecular weight is 280 g/mol. The smallest absolute Gasteiger partial charge is 0.189 e. The largest absolute Gasteiger partial charge is 0.299 e. The number of Topliss-reactive ketones (excluding diaryl/α,β-unsaturated/α-hetero) is 1. The van der Waals surface area contributed by atoms with E-state index in [2.05, 4.69) is 11.5 Å². The van der Waals surface area contributed by atoms with Crippen molar-refractivity contribution in [2.45, 2.75) is 26.2 Å². The summed E-state index contributed by atoms with van der Waals surface area (Å²) in [5, 5.41) is 0. The van der Waals surface area contributed by atoms with E-state index in [1.807, 2.05) is 31.2 Å². The Hall–Kier alpha value is -1.12. The SMILES string of the molecule is C=C(CN1CCCCC1)C(=O)c1ccc(C)cc1.Cl. The number of hydrogen-bond donors (Lipinski definition) is 0. The van der Waals surface area contributed by atoms with E-state index in [0.29, 0.717) is 12.1 Å². The van der Waals surface area contributed by atoms with E-state index in [1.165, 1.54) is 24.8 Å². The number of carbonyl (C=O) groups is 1. The van der Waals surface area contributed by atoms with Crippen LogP contribution in [0.1, 0.15) is 35.2 Å². The van der Waals surface area contributed by atoms with Crippen molar-refractivity contribution in [3.8, 4) is 0 Å². The Bertz CT molecular complexity index is 433. The predicted molar refractivity (Wildman–Crippen MR) is 82.2 cm³/mol. The van der Waals surface area contributed by atoms with Crippen LogP contribution >= 0.6 is 12.4 Å². The molecule has 3 heteroatoms. The summed E-state index contributed by atoms with van der Waals surface area (Å²) in [5.74, 6) is 0.0839. The van der Waals surface area contributed by atoms with Gasteiger partial charge in [0.15, 0.2) is 5.78 Å². The highest BCUT2D eigenvalue weighted by molar-refractivity contribution is 6.08. The summed E-state index contributed by atoms with van der Waals surface area (Å²) in [6.45, 7) is 8.89. The van der Waals surface area contributed by atoms with Crippen molar-refractivity contribution in [2.24, 2.45) is 0 Å². The summed E-state index contributed by atoms with van der Waals surface area (Å²) in [7, 11) is 0. The second-order valence-corrected chi connectivity index (χ2v) is 5.14. The monoisotopic (exact) mass is 279 g/mol. The zero-order valence-electron chi connectivity index (χ0n) is 11.5.